The van der Waals surface area contributed by atoms with Crippen LogP contribution in [0.15, 0.2) is 0 Å². The highest BCUT2D eigenvalue weighted by Gasteiger charge is 2.18. The van der Waals surface area contributed by atoms with Gasteiger partial charge in [-0.25, -0.2) is 8.42 Å². The second-order valence-corrected chi connectivity index (χ2v) is 7.30. The molecule has 2 N–H and O–H groups in total. The van der Waals surface area contributed by atoms with E-state index in [4.69, 9.17) is 5.73 Å². The Hall–Kier alpha value is -1.64. The molecule has 20 heavy (non-hydrogen) atoms. The maximum Gasteiger partial charge on any atom is 0.231 e. The number of nitrogen functional groups attached to an aromatic ring is 1. The van der Waals surface area contributed by atoms with Crippen LogP contribution >= 0.6 is 0 Å². The molecule has 0 unspecified atom stereocenters. The molecule has 1 aliphatic heterocycles. The topological polar surface area (TPSA) is 105 Å². The zero-order valence-corrected chi connectivity index (χ0v) is 12.6. The van der Waals surface area contributed by atoms with Crippen LogP contribution in [0.3, 0.4) is 0 Å². The summed E-state index contributed by atoms with van der Waals surface area (Å²) in [6.45, 7) is 2.15. The molecule has 0 aliphatic carbocycles. The molecular formula is C11H20N6O2S. The highest BCUT2D eigenvalue weighted by Crippen LogP contribution is 2.18. The SMILES string of the molecule is CN(CCS(C)(=O)=O)c1nc(N)nc(N2CCCC2)n1. The Balaban J connectivity index is 2.14. The Morgan fingerprint density at radius 3 is 2.50 bits per heavy atom. The van der Waals surface area contributed by atoms with Crippen molar-refractivity contribution in [2.45, 2.75) is 12.8 Å². The van der Waals surface area contributed by atoms with Gasteiger partial charge in [-0.05, 0) is 12.8 Å². The van der Waals surface area contributed by atoms with Crippen LogP contribution in [0, 0.1) is 0 Å². The first-order valence-corrected chi connectivity index (χ1v) is 8.56. The zero-order chi connectivity index (χ0) is 14.8. The maximum atomic E-state index is 11.2. The van der Waals surface area contributed by atoms with Crippen molar-refractivity contribution in [2.24, 2.45) is 0 Å². The third-order valence-corrected chi connectivity index (χ3v) is 4.08. The van der Waals surface area contributed by atoms with Gasteiger partial charge in [-0.1, -0.05) is 0 Å². The lowest BCUT2D eigenvalue weighted by Crippen LogP contribution is -2.28. The summed E-state index contributed by atoms with van der Waals surface area (Å²) < 4.78 is 22.4. The quantitative estimate of drug-likeness (QED) is 0.778. The Morgan fingerprint density at radius 2 is 1.90 bits per heavy atom. The summed E-state index contributed by atoms with van der Waals surface area (Å²) in [7, 11) is -1.27. The first-order chi connectivity index (χ1) is 9.35. The lowest BCUT2D eigenvalue weighted by atomic mass is 10.4. The number of sulfone groups is 1. The molecular weight excluding hydrogens is 280 g/mol. The Bertz CT molecular complexity index is 570. The molecule has 2 heterocycles. The van der Waals surface area contributed by atoms with E-state index in [1.807, 2.05) is 0 Å². The van der Waals surface area contributed by atoms with Crippen molar-refractivity contribution in [3.05, 3.63) is 0 Å². The van der Waals surface area contributed by atoms with Crippen molar-refractivity contribution < 1.29 is 8.42 Å². The molecule has 9 heteroatoms. The molecule has 1 fully saturated rings. The van der Waals surface area contributed by atoms with Crippen LogP contribution in [0.1, 0.15) is 12.8 Å². The first-order valence-electron chi connectivity index (χ1n) is 6.50. The smallest absolute Gasteiger partial charge is 0.231 e. The van der Waals surface area contributed by atoms with Crippen LogP contribution in [0.5, 0.6) is 0 Å². The molecule has 112 valence electrons. The molecule has 0 aromatic carbocycles. The average molecular weight is 300 g/mol. The van der Waals surface area contributed by atoms with Crippen molar-refractivity contribution in [3.8, 4) is 0 Å². The highest BCUT2D eigenvalue weighted by atomic mass is 32.2. The fourth-order valence-corrected chi connectivity index (χ4v) is 2.61. The molecule has 8 nitrogen and oxygen atoms in total. The number of nitrogens with two attached hydrogens (primary N) is 1. The summed E-state index contributed by atoms with van der Waals surface area (Å²) in [5.74, 6) is 1.18. The number of rotatable bonds is 5. The minimum Gasteiger partial charge on any atom is -0.368 e. The molecule has 0 bridgehead atoms. The van der Waals surface area contributed by atoms with Crippen molar-refractivity contribution >= 4 is 27.7 Å². The minimum atomic E-state index is -3.02. The third-order valence-electron chi connectivity index (χ3n) is 3.16. The fraction of sp³-hybridized carbons (Fsp3) is 0.727. The van der Waals surface area contributed by atoms with Gasteiger partial charge in [-0.2, -0.15) is 15.0 Å². The van der Waals surface area contributed by atoms with Gasteiger partial charge in [-0.15, -0.1) is 0 Å². The Morgan fingerprint density at radius 1 is 1.25 bits per heavy atom. The molecule has 1 aromatic rings. The van der Waals surface area contributed by atoms with E-state index in [0.717, 1.165) is 25.9 Å². The van der Waals surface area contributed by atoms with Gasteiger partial charge in [0.25, 0.3) is 0 Å². The van der Waals surface area contributed by atoms with Crippen molar-refractivity contribution in [1.82, 2.24) is 15.0 Å². The molecule has 2 rings (SSSR count). The van der Waals surface area contributed by atoms with E-state index in [1.165, 1.54) is 6.26 Å². The van der Waals surface area contributed by atoms with Crippen LogP contribution in [-0.2, 0) is 9.84 Å². The second kappa shape index (κ2) is 5.78. The van der Waals surface area contributed by atoms with Crippen LogP contribution in [-0.4, -0.2) is 62.1 Å². The predicted octanol–water partition coefficient (Wildman–Crippen LogP) is -0.465. The van der Waals surface area contributed by atoms with E-state index in [9.17, 15) is 8.42 Å². The molecule has 0 atom stereocenters. The molecule has 0 spiro atoms. The highest BCUT2D eigenvalue weighted by molar-refractivity contribution is 7.90. The number of nitrogens with zero attached hydrogens (tertiary/aromatic N) is 5. The van der Waals surface area contributed by atoms with Gasteiger partial charge >= 0.3 is 0 Å². The standard InChI is InChI=1S/C11H20N6O2S/c1-16(7-8-20(2,18)19)10-13-9(12)14-11(15-10)17-5-3-4-6-17/h3-8H2,1-2H3,(H2,12,13,14,15). The van der Waals surface area contributed by atoms with Gasteiger partial charge in [-0.3, -0.25) is 0 Å². The largest absolute Gasteiger partial charge is 0.368 e. The normalized spacial score (nSPS) is 15.6. The molecule has 0 amide bonds. The number of anilines is 3. The van der Waals surface area contributed by atoms with Crippen LogP contribution in [0.25, 0.3) is 0 Å². The van der Waals surface area contributed by atoms with Gasteiger partial charge in [0.2, 0.25) is 17.8 Å². The van der Waals surface area contributed by atoms with Gasteiger partial charge in [0.05, 0.1) is 5.75 Å². The van der Waals surface area contributed by atoms with Gasteiger partial charge in [0, 0.05) is 32.9 Å². The van der Waals surface area contributed by atoms with Crippen LogP contribution in [0.2, 0.25) is 0 Å². The number of aromatic nitrogens is 3. The molecule has 1 saturated heterocycles. The summed E-state index contributed by atoms with van der Waals surface area (Å²) in [5, 5.41) is 0. The van der Waals surface area contributed by atoms with Gasteiger partial charge in [0.15, 0.2) is 0 Å². The summed E-state index contributed by atoms with van der Waals surface area (Å²) >= 11 is 0. The van der Waals surface area contributed by atoms with E-state index in [-0.39, 0.29) is 11.7 Å². The first kappa shape index (κ1) is 14.8. The third kappa shape index (κ3) is 3.92. The Labute approximate surface area is 118 Å². The monoisotopic (exact) mass is 300 g/mol. The van der Waals surface area contributed by atoms with E-state index >= 15 is 0 Å². The van der Waals surface area contributed by atoms with Crippen LogP contribution in [0.4, 0.5) is 17.8 Å². The van der Waals surface area contributed by atoms with Crippen LogP contribution < -0.4 is 15.5 Å². The Kier molecular flexibility index (Phi) is 4.26. The van der Waals surface area contributed by atoms with Crippen molar-refractivity contribution in [2.75, 3.05) is 54.2 Å². The van der Waals surface area contributed by atoms with E-state index in [0.29, 0.717) is 18.4 Å². The van der Waals surface area contributed by atoms with E-state index < -0.39 is 9.84 Å². The summed E-state index contributed by atoms with van der Waals surface area (Å²) in [5.41, 5.74) is 5.71. The molecule has 1 aliphatic rings. The zero-order valence-electron chi connectivity index (χ0n) is 11.8. The summed E-state index contributed by atoms with van der Waals surface area (Å²) in [6, 6.07) is 0. The van der Waals surface area contributed by atoms with E-state index in [1.54, 1.807) is 11.9 Å². The van der Waals surface area contributed by atoms with E-state index in [2.05, 4.69) is 19.9 Å². The minimum absolute atomic E-state index is 0.0497. The predicted molar refractivity (Wildman–Crippen MR) is 78.7 cm³/mol. The summed E-state index contributed by atoms with van der Waals surface area (Å²) in [4.78, 5) is 16.3. The van der Waals surface area contributed by atoms with Gasteiger partial charge in [0.1, 0.15) is 9.84 Å². The number of hydrogen-bond donors (Lipinski definition) is 1. The van der Waals surface area contributed by atoms with Crippen molar-refractivity contribution in [3.63, 3.8) is 0 Å². The lowest BCUT2D eigenvalue weighted by Gasteiger charge is -2.20. The molecule has 0 saturated carbocycles. The number of hydrogen-bond acceptors (Lipinski definition) is 8. The summed E-state index contributed by atoms with van der Waals surface area (Å²) in [6.07, 6.45) is 3.44. The van der Waals surface area contributed by atoms with Crippen molar-refractivity contribution in [1.29, 1.82) is 0 Å². The average Bonchev–Trinajstić information content (AvgIpc) is 2.88. The van der Waals surface area contributed by atoms with Gasteiger partial charge < -0.3 is 15.5 Å². The molecule has 0 radical (unpaired) electrons. The second-order valence-electron chi connectivity index (χ2n) is 5.04. The molecule has 1 aromatic heterocycles. The maximum absolute atomic E-state index is 11.2. The lowest BCUT2D eigenvalue weighted by molar-refractivity contribution is 0.601. The fourth-order valence-electron chi connectivity index (χ4n) is 2.00.